The Morgan fingerprint density at radius 3 is 2.67 bits per heavy atom. The number of nitrogens with one attached hydrogen (secondary N) is 2. The molecule has 0 aromatic rings. The van der Waals surface area contributed by atoms with Crippen molar-refractivity contribution in [3.8, 4) is 0 Å². The van der Waals surface area contributed by atoms with Crippen LogP contribution in [0.25, 0.3) is 0 Å². The molecule has 12 heavy (non-hydrogen) atoms. The van der Waals surface area contributed by atoms with Gasteiger partial charge in [-0.15, -0.1) is 12.4 Å². The van der Waals surface area contributed by atoms with Crippen LogP contribution >= 0.6 is 12.4 Å². The minimum Gasteiger partial charge on any atom is -0.353 e. The van der Waals surface area contributed by atoms with Crippen molar-refractivity contribution in [2.75, 3.05) is 6.54 Å². The topological polar surface area (TPSA) is 41.1 Å². The quantitative estimate of drug-likeness (QED) is 0.676. The Balaban J connectivity index is 0.00000121. The number of amides is 1. The standard InChI is InChI=1S/C8H16N2O.ClH/c1-6(2)10-8(11)7-4-3-5-9-7;/h6-7,9H,3-5H2,1-2H3,(H,10,11);1H/t7-;/m1./s1. The second-order valence-corrected chi connectivity index (χ2v) is 3.31. The Bertz CT molecular complexity index is 144. The SMILES string of the molecule is CC(C)NC(=O)[C@H]1CCCN1.Cl. The molecule has 1 aliphatic rings. The maximum atomic E-state index is 11.3. The molecule has 0 spiro atoms. The molecular formula is C8H17ClN2O. The highest BCUT2D eigenvalue weighted by Gasteiger charge is 2.21. The van der Waals surface area contributed by atoms with Crippen LogP contribution in [0, 0.1) is 0 Å². The Kier molecular flexibility index (Phi) is 5.25. The molecule has 0 unspecified atom stereocenters. The van der Waals surface area contributed by atoms with Crippen molar-refractivity contribution < 1.29 is 4.79 Å². The zero-order valence-electron chi connectivity index (χ0n) is 7.59. The van der Waals surface area contributed by atoms with Gasteiger partial charge in [0.2, 0.25) is 5.91 Å². The lowest BCUT2D eigenvalue weighted by atomic mass is 10.2. The molecule has 4 heteroatoms. The van der Waals surface area contributed by atoms with Crippen LogP contribution in [-0.4, -0.2) is 24.5 Å². The van der Waals surface area contributed by atoms with Gasteiger partial charge in [0, 0.05) is 6.04 Å². The van der Waals surface area contributed by atoms with E-state index in [2.05, 4.69) is 10.6 Å². The number of rotatable bonds is 2. The summed E-state index contributed by atoms with van der Waals surface area (Å²) >= 11 is 0. The molecule has 72 valence electrons. The van der Waals surface area contributed by atoms with Crippen LogP contribution in [0.15, 0.2) is 0 Å². The number of carbonyl (C=O) groups excluding carboxylic acids is 1. The minimum absolute atomic E-state index is 0. The van der Waals surface area contributed by atoms with E-state index in [0.29, 0.717) is 0 Å². The summed E-state index contributed by atoms with van der Waals surface area (Å²) in [4.78, 5) is 11.3. The van der Waals surface area contributed by atoms with Crippen molar-refractivity contribution in [1.82, 2.24) is 10.6 Å². The van der Waals surface area contributed by atoms with Crippen LogP contribution in [0.4, 0.5) is 0 Å². The van der Waals surface area contributed by atoms with E-state index in [9.17, 15) is 4.79 Å². The van der Waals surface area contributed by atoms with E-state index in [1.807, 2.05) is 13.8 Å². The molecule has 0 aliphatic carbocycles. The van der Waals surface area contributed by atoms with Crippen molar-refractivity contribution in [3.05, 3.63) is 0 Å². The predicted octanol–water partition coefficient (Wildman–Crippen LogP) is 0.685. The molecule has 1 saturated heterocycles. The van der Waals surface area contributed by atoms with Gasteiger partial charge in [0.1, 0.15) is 0 Å². The number of hydrogen-bond donors (Lipinski definition) is 2. The summed E-state index contributed by atoms with van der Waals surface area (Å²) < 4.78 is 0. The van der Waals surface area contributed by atoms with E-state index < -0.39 is 0 Å². The zero-order chi connectivity index (χ0) is 8.27. The summed E-state index contributed by atoms with van der Waals surface area (Å²) in [5, 5.41) is 6.03. The van der Waals surface area contributed by atoms with Gasteiger partial charge in [-0.2, -0.15) is 0 Å². The van der Waals surface area contributed by atoms with Crippen molar-refractivity contribution in [1.29, 1.82) is 0 Å². The van der Waals surface area contributed by atoms with E-state index >= 15 is 0 Å². The second-order valence-electron chi connectivity index (χ2n) is 3.31. The van der Waals surface area contributed by atoms with Crippen LogP contribution in [0.2, 0.25) is 0 Å². The summed E-state index contributed by atoms with van der Waals surface area (Å²) in [5.74, 6) is 0.150. The van der Waals surface area contributed by atoms with Gasteiger partial charge in [0.15, 0.2) is 0 Å². The van der Waals surface area contributed by atoms with E-state index in [1.165, 1.54) is 0 Å². The van der Waals surface area contributed by atoms with Gasteiger partial charge in [-0.25, -0.2) is 0 Å². The fraction of sp³-hybridized carbons (Fsp3) is 0.875. The van der Waals surface area contributed by atoms with Gasteiger partial charge < -0.3 is 10.6 Å². The Morgan fingerprint density at radius 2 is 2.25 bits per heavy atom. The smallest absolute Gasteiger partial charge is 0.237 e. The van der Waals surface area contributed by atoms with E-state index in [4.69, 9.17) is 0 Å². The van der Waals surface area contributed by atoms with Gasteiger partial charge >= 0.3 is 0 Å². The summed E-state index contributed by atoms with van der Waals surface area (Å²) in [5.41, 5.74) is 0. The number of halogens is 1. The molecule has 3 nitrogen and oxygen atoms in total. The van der Waals surface area contributed by atoms with E-state index in [-0.39, 0.29) is 30.4 Å². The molecule has 0 aromatic heterocycles. The summed E-state index contributed by atoms with van der Waals surface area (Å²) in [6.07, 6.45) is 2.11. The van der Waals surface area contributed by atoms with Crippen LogP contribution in [0.1, 0.15) is 26.7 Å². The van der Waals surface area contributed by atoms with Gasteiger partial charge in [-0.3, -0.25) is 4.79 Å². The maximum absolute atomic E-state index is 11.3. The second kappa shape index (κ2) is 5.38. The molecule has 0 bridgehead atoms. The molecule has 1 aliphatic heterocycles. The molecule has 0 aromatic carbocycles. The van der Waals surface area contributed by atoms with E-state index in [1.54, 1.807) is 0 Å². The lowest BCUT2D eigenvalue weighted by molar-refractivity contribution is -0.123. The average molecular weight is 193 g/mol. The Labute approximate surface area is 79.7 Å². The molecule has 2 N–H and O–H groups in total. The number of hydrogen-bond acceptors (Lipinski definition) is 2. The highest BCUT2D eigenvalue weighted by Crippen LogP contribution is 2.04. The largest absolute Gasteiger partial charge is 0.353 e. The van der Waals surface area contributed by atoms with Crippen LogP contribution in [0.5, 0.6) is 0 Å². The molecule has 0 saturated carbocycles. The molecule has 0 radical (unpaired) electrons. The average Bonchev–Trinajstić information content (AvgIpc) is 2.35. The normalized spacial score (nSPS) is 22.1. The Morgan fingerprint density at radius 1 is 1.58 bits per heavy atom. The third-order valence-corrected chi connectivity index (χ3v) is 1.81. The minimum atomic E-state index is 0. The third-order valence-electron chi connectivity index (χ3n) is 1.81. The molecule has 1 amide bonds. The fourth-order valence-electron chi connectivity index (χ4n) is 1.29. The van der Waals surface area contributed by atoms with Crippen molar-refractivity contribution in [3.63, 3.8) is 0 Å². The first kappa shape index (κ1) is 11.7. The van der Waals surface area contributed by atoms with Gasteiger partial charge in [0.25, 0.3) is 0 Å². The van der Waals surface area contributed by atoms with E-state index in [0.717, 1.165) is 19.4 Å². The van der Waals surface area contributed by atoms with Crippen LogP contribution in [-0.2, 0) is 4.79 Å². The zero-order valence-corrected chi connectivity index (χ0v) is 8.41. The molecule has 1 atom stereocenters. The molecule has 1 rings (SSSR count). The lowest BCUT2D eigenvalue weighted by Crippen LogP contribution is -2.43. The highest BCUT2D eigenvalue weighted by molar-refractivity contribution is 5.85. The van der Waals surface area contributed by atoms with Crippen LogP contribution in [0.3, 0.4) is 0 Å². The molecule has 1 fully saturated rings. The van der Waals surface area contributed by atoms with Crippen molar-refractivity contribution >= 4 is 18.3 Å². The van der Waals surface area contributed by atoms with Gasteiger partial charge in [-0.1, -0.05) is 0 Å². The van der Waals surface area contributed by atoms with Gasteiger partial charge in [0.05, 0.1) is 6.04 Å². The highest BCUT2D eigenvalue weighted by atomic mass is 35.5. The Hall–Kier alpha value is -0.280. The van der Waals surface area contributed by atoms with Crippen molar-refractivity contribution in [2.45, 2.75) is 38.8 Å². The van der Waals surface area contributed by atoms with Crippen molar-refractivity contribution in [2.24, 2.45) is 0 Å². The summed E-state index contributed by atoms with van der Waals surface area (Å²) in [6.45, 7) is 4.94. The first-order chi connectivity index (χ1) is 5.20. The lowest BCUT2D eigenvalue weighted by Gasteiger charge is -2.13. The molecule has 1 heterocycles. The molecular weight excluding hydrogens is 176 g/mol. The van der Waals surface area contributed by atoms with Gasteiger partial charge in [-0.05, 0) is 33.2 Å². The summed E-state index contributed by atoms with van der Waals surface area (Å²) in [7, 11) is 0. The third kappa shape index (κ3) is 3.41. The maximum Gasteiger partial charge on any atom is 0.237 e. The monoisotopic (exact) mass is 192 g/mol. The fourth-order valence-corrected chi connectivity index (χ4v) is 1.29. The first-order valence-corrected chi connectivity index (χ1v) is 4.24. The first-order valence-electron chi connectivity index (χ1n) is 4.24. The predicted molar refractivity (Wildman–Crippen MR) is 51.6 cm³/mol. The number of carbonyl (C=O) groups is 1. The summed E-state index contributed by atoms with van der Waals surface area (Å²) in [6, 6.07) is 0.322. The van der Waals surface area contributed by atoms with Crippen LogP contribution < -0.4 is 10.6 Å².